The van der Waals surface area contributed by atoms with Crippen LogP contribution >= 0.6 is 0 Å². The molecule has 2 unspecified atom stereocenters. The highest BCUT2D eigenvalue weighted by Gasteiger charge is 2.41. The largest absolute Gasteiger partial charge is 0.342 e. The van der Waals surface area contributed by atoms with Gasteiger partial charge in [0.2, 0.25) is 17.7 Å². The number of aryl methyl sites for hydroxylation is 2. The number of rotatable bonds is 3. The molecule has 2 aromatic rings. The predicted molar refractivity (Wildman–Crippen MR) is 126 cm³/mol. The first kappa shape index (κ1) is 20.5. The zero-order valence-corrected chi connectivity index (χ0v) is 18.8. The first-order valence-electron chi connectivity index (χ1n) is 12.2. The number of carbonyl (C=O) groups is 3. The summed E-state index contributed by atoms with van der Waals surface area (Å²) in [6, 6.07) is 14.2. The van der Waals surface area contributed by atoms with E-state index in [2.05, 4.69) is 17.4 Å². The zero-order chi connectivity index (χ0) is 22.5. The van der Waals surface area contributed by atoms with Crippen LogP contribution in [0, 0.1) is 11.8 Å². The van der Waals surface area contributed by atoms with Gasteiger partial charge in [-0.1, -0.05) is 24.3 Å². The second-order valence-electron chi connectivity index (χ2n) is 9.93. The van der Waals surface area contributed by atoms with E-state index < -0.39 is 0 Å². The molecule has 1 N–H and O–H groups in total. The van der Waals surface area contributed by atoms with Crippen molar-refractivity contribution in [2.75, 3.05) is 29.9 Å². The predicted octanol–water partition coefficient (Wildman–Crippen LogP) is 3.50. The molecule has 3 heterocycles. The Kier molecular flexibility index (Phi) is 4.97. The van der Waals surface area contributed by atoms with E-state index in [9.17, 15) is 14.4 Å². The quantitative estimate of drug-likeness (QED) is 0.789. The molecule has 0 spiro atoms. The van der Waals surface area contributed by atoms with Crippen molar-refractivity contribution in [3.63, 3.8) is 0 Å². The van der Waals surface area contributed by atoms with Gasteiger partial charge >= 0.3 is 0 Å². The number of carbonyl (C=O) groups excluding carboxylic acids is 3. The van der Waals surface area contributed by atoms with E-state index in [-0.39, 0.29) is 41.9 Å². The van der Waals surface area contributed by atoms with Gasteiger partial charge in [-0.3, -0.25) is 14.4 Å². The monoisotopic (exact) mass is 443 g/mol. The Bertz CT molecular complexity index is 1140. The Balaban J connectivity index is 1.10. The second kappa shape index (κ2) is 8.01. The van der Waals surface area contributed by atoms with Crippen LogP contribution in [0.1, 0.15) is 48.3 Å². The summed E-state index contributed by atoms with van der Waals surface area (Å²) >= 11 is 0. The third-order valence-corrected chi connectivity index (χ3v) is 8.03. The number of nitrogens with zero attached hydrogens (tertiary/aromatic N) is 2. The van der Waals surface area contributed by atoms with Crippen LogP contribution in [0.5, 0.6) is 0 Å². The van der Waals surface area contributed by atoms with Crippen LogP contribution in [0.2, 0.25) is 0 Å². The minimum Gasteiger partial charge on any atom is -0.342 e. The number of benzene rings is 2. The summed E-state index contributed by atoms with van der Waals surface area (Å²) in [5.74, 6) is 0.0416. The molecule has 0 radical (unpaired) electrons. The summed E-state index contributed by atoms with van der Waals surface area (Å²) < 4.78 is 0. The van der Waals surface area contributed by atoms with Crippen LogP contribution in [0.15, 0.2) is 42.5 Å². The summed E-state index contributed by atoms with van der Waals surface area (Å²) in [6.45, 7) is 1.77. The van der Waals surface area contributed by atoms with Gasteiger partial charge in [0, 0.05) is 37.4 Å². The molecule has 1 aliphatic carbocycles. The van der Waals surface area contributed by atoms with Gasteiger partial charge in [-0.25, -0.2) is 0 Å². The molecule has 2 fully saturated rings. The molecule has 0 aromatic heterocycles. The number of hydrogen-bond acceptors (Lipinski definition) is 3. The molecule has 0 saturated carbocycles. The minimum absolute atomic E-state index is 0.0421. The maximum absolute atomic E-state index is 13.3. The van der Waals surface area contributed by atoms with Crippen molar-refractivity contribution in [1.29, 1.82) is 0 Å². The molecule has 2 saturated heterocycles. The number of hydrogen-bond donors (Lipinski definition) is 1. The van der Waals surface area contributed by atoms with Crippen molar-refractivity contribution < 1.29 is 14.4 Å². The molecule has 170 valence electrons. The van der Waals surface area contributed by atoms with Crippen molar-refractivity contribution in [2.24, 2.45) is 11.8 Å². The number of anilines is 2. The van der Waals surface area contributed by atoms with Crippen molar-refractivity contribution in [2.45, 2.75) is 44.4 Å². The Morgan fingerprint density at radius 3 is 2.61 bits per heavy atom. The van der Waals surface area contributed by atoms with Crippen molar-refractivity contribution in [3.8, 4) is 0 Å². The number of para-hydroxylation sites is 1. The maximum Gasteiger partial charge on any atom is 0.232 e. The average molecular weight is 444 g/mol. The second-order valence-corrected chi connectivity index (χ2v) is 9.93. The lowest BCUT2D eigenvalue weighted by atomic mass is 9.80. The van der Waals surface area contributed by atoms with E-state index in [4.69, 9.17) is 0 Å². The van der Waals surface area contributed by atoms with Crippen molar-refractivity contribution in [3.05, 3.63) is 59.2 Å². The fourth-order valence-corrected chi connectivity index (χ4v) is 6.26. The third kappa shape index (κ3) is 3.52. The number of nitrogens with one attached hydrogen (secondary N) is 1. The van der Waals surface area contributed by atoms with Gasteiger partial charge in [-0.05, 0) is 72.9 Å². The lowest BCUT2D eigenvalue weighted by Gasteiger charge is -2.35. The van der Waals surface area contributed by atoms with E-state index in [1.165, 1.54) is 17.5 Å². The summed E-state index contributed by atoms with van der Waals surface area (Å²) in [5.41, 5.74) is 5.66. The lowest BCUT2D eigenvalue weighted by Crippen LogP contribution is -2.43. The Labute approximate surface area is 193 Å². The molecule has 6 nitrogen and oxygen atoms in total. The first-order valence-corrected chi connectivity index (χ1v) is 12.2. The van der Waals surface area contributed by atoms with E-state index in [1.807, 2.05) is 35.2 Å². The van der Waals surface area contributed by atoms with E-state index in [0.29, 0.717) is 19.6 Å². The first-order chi connectivity index (χ1) is 16.1. The molecule has 0 bridgehead atoms. The molecule has 3 amide bonds. The summed E-state index contributed by atoms with van der Waals surface area (Å²) in [6.07, 6.45) is 5.29. The topological polar surface area (TPSA) is 69.7 Å². The van der Waals surface area contributed by atoms with Gasteiger partial charge in [0.25, 0.3) is 0 Å². The highest BCUT2D eigenvalue weighted by atomic mass is 16.2. The summed E-state index contributed by atoms with van der Waals surface area (Å²) in [5, 5.41) is 3.00. The molecule has 33 heavy (non-hydrogen) atoms. The highest BCUT2D eigenvalue weighted by molar-refractivity contribution is 6.03. The normalized spacial score (nSPS) is 24.7. The molecular formula is C27H29N3O3. The van der Waals surface area contributed by atoms with Crippen LogP contribution in [0.25, 0.3) is 0 Å². The zero-order valence-electron chi connectivity index (χ0n) is 18.8. The van der Waals surface area contributed by atoms with E-state index in [1.54, 1.807) is 4.90 Å². The lowest BCUT2D eigenvalue weighted by molar-refractivity contribution is -0.137. The van der Waals surface area contributed by atoms with Gasteiger partial charge < -0.3 is 15.1 Å². The Morgan fingerprint density at radius 1 is 0.970 bits per heavy atom. The summed E-state index contributed by atoms with van der Waals surface area (Å²) in [7, 11) is 0. The molecule has 6 rings (SSSR count). The van der Waals surface area contributed by atoms with Crippen LogP contribution in [-0.4, -0.2) is 42.3 Å². The molecule has 4 aliphatic rings. The third-order valence-electron chi connectivity index (χ3n) is 8.03. The van der Waals surface area contributed by atoms with Crippen molar-refractivity contribution >= 4 is 29.1 Å². The molecule has 3 aliphatic heterocycles. The van der Waals surface area contributed by atoms with Gasteiger partial charge in [0.15, 0.2) is 0 Å². The summed E-state index contributed by atoms with van der Waals surface area (Å²) in [4.78, 5) is 42.3. The Hall–Kier alpha value is -3.15. The van der Waals surface area contributed by atoms with Gasteiger partial charge in [0.05, 0.1) is 11.8 Å². The number of piperidine rings is 1. The van der Waals surface area contributed by atoms with Crippen molar-refractivity contribution in [1.82, 2.24) is 4.90 Å². The van der Waals surface area contributed by atoms with Crippen LogP contribution in [-0.2, 0) is 27.2 Å². The van der Waals surface area contributed by atoms with Gasteiger partial charge in [0.1, 0.15) is 0 Å². The van der Waals surface area contributed by atoms with Crippen LogP contribution in [0.4, 0.5) is 11.4 Å². The smallest absolute Gasteiger partial charge is 0.232 e. The standard InChI is InChI=1S/C27H29N3O3/c31-24-15-20(16-30(24)21-9-8-17-4-3-5-19(17)14-21)27(33)29-12-10-18(11-13-29)25-22-6-1-2-7-23(22)28-26(25)32/h1-2,6-9,14,18,20,25H,3-5,10-13,15-16H2,(H,28,32). The minimum atomic E-state index is -0.280. The van der Waals surface area contributed by atoms with E-state index in [0.717, 1.165) is 42.6 Å². The SMILES string of the molecule is O=C1Nc2ccccc2C1C1CCN(C(=O)C2CC(=O)N(c3ccc4c(c3)CCC4)C2)CC1. The van der Waals surface area contributed by atoms with E-state index >= 15 is 0 Å². The number of likely N-dealkylation sites (tertiary alicyclic amines) is 1. The average Bonchev–Trinajstić information content (AvgIpc) is 3.54. The van der Waals surface area contributed by atoms with Gasteiger partial charge in [-0.2, -0.15) is 0 Å². The molecule has 6 heteroatoms. The maximum atomic E-state index is 13.3. The van der Waals surface area contributed by atoms with Crippen LogP contribution < -0.4 is 10.2 Å². The molecule has 2 atom stereocenters. The fourth-order valence-electron chi connectivity index (χ4n) is 6.26. The molecular weight excluding hydrogens is 414 g/mol. The number of amides is 3. The fraction of sp³-hybridized carbons (Fsp3) is 0.444. The number of fused-ring (bicyclic) bond motifs is 2. The van der Waals surface area contributed by atoms with Crippen LogP contribution in [0.3, 0.4) is 0 Å². The van der Waals surface area contributed by atoms with Gasteiger partial charge in [-0.15, -0.1) is 0 Å². The highest BCUT2D eigenvalue weighted by Crippen LogP contribution is 2.41. The Morgan fingerprint density at radius 2 is 1.76 bits per heavy atom. The molecule has 2 aromatic carbocycles.